The summed E-state index contributed by atoms with van der Waals surface area (Å²) in [5.74, 6) is 0.588. The predicted octanol–water partition coefficient (Wildman–Crippen LogP) is 2.47. The molecule has 2 heterocycles. The first-order valence-electron chi connectivity index (χ1n) is 6.54. The maximum Gasteiger partial charge on any atom is 0.0512 e. The van der Waals surface area contributed by atoms with Crippen molar-refractivity contribution in [3.8, 4) is 0 Å². The summed E-state index contributed by atoms with van der Waals surface area (Å²) in [6.45, 7) is 7.08. The molecule has 0 radical (unpaired) electrons. The van der Waals surface area contributed by atoms with Crippen LogP contribution in [0.15, 0.2) is 18.5 Å². The number of ether oxygens (including phenoxy) is 1. The first-order chi connectivity index (χ1) is 8.33. The standard InChI is InChI=1S/C14H22N2O/c1-3-16-14(12-5-4-8-17-10-12)13-6-7-15-9-11(13)2/h6-7,9,12,14,16H,3-5,8,10H2,1-2H3. The van der Waals surface area contributed by atoms with Gasteiger partial charge in [-0.1, -0.05) is 6.92 Å². The van der Waals surface area contributed by atoms with Gasteiger partial charge in [0.2, 0.25) is 0 Å². The molecule has 2 atom stereocenters. The highest BCUT2D eigenvalue weighted by molar-refractivity contribution is 5.26. The quantitative estimate of drug-likeness (QED) is 0.869. The summed E-state index contributed by atoms with van der Waals surface area (Å²) in [6, 6.07) is 2.54. The molecule has 1 aliphatic heterocycles. The fourth-order valence-electron chi connectivity index (χ4n) is 2.61. The fourth-order valence-corrected chi connectivity index (χ4v) is 2.61. The van der Waals surface area contributed by atoms with E-state index >= 15 is 0 Å². The molecule has 1 aliphatic rings. The Morgan fingerprint density at radius 2 is 2.47 bits per heavy atom. The largest absolute Gasteiger partial charge is 0.381 e. The van der Waals surface area contributed by atoms with Crippen molar-refractivity contribution in [2.45, 2.75) is 32.7 Å². The molecule has 0 aromatic carbocycles. The summed E-state index contributed by atoms with van der Waals surface area (Å²) in [4.78, 5) is 4.17. The van der Waals surface area contributed by atoms with Crippen LogP contribution in [0, 0.1) is 12.8 Å². The van der Waals surface area contributed by atoms with E-state index in [1.165, 1.54) is 24.0 Å². The number of nitrogens with one attached hydrogen (secondary N) is 1. The molecule has 0 spiro atoms. The van der Waals surface area contributed by atoms with Crippen LogP contribution in [0.5, 0.6) is 0 Å². The van der Waals surface area contributed by atoms with Gasteiger partial charge in [0.15, 0.2) is 0 Å². The zero-order valence-corrected chi connectivity index (χ0v) is 10.8. The fraction of sp³-hybridized carbons (Fsp3) is 0.643. The van der Waals surface area contributed by atoms with Crippen molar-refractivity contribution in [3.05, 3.63) is 29.6 Å². The Labute approximate surface area is 104 Å². The summed E-state index contributed by atoms with van der Waals surface area (Å²) in [5.41, 5.74) is 2.64. The van der Waals surface area contributed by atoms with Crippen molar-refractivity contribution in [1.29, 1.82) is 0 Å². The third kappa shape index (κ3) is 3.05. The molecule has 0 aliphatic carbocycles. The van der Waals surface area contributed by atoms with Crippen LogP contribution in [-0.2, 0) is 4.74 Å². The van der Waals surface area contributed by atoms with E-state index in [1.54, 1.807) is 0 Å². The average Bonchev–Trinajstić information content (AvgIpc) is 2.38. The summed E-state index contributed by atoms with van der Waals surface area (Å²) in [5, 5.41) is 3.60. The molecule has 2 rings (SSSR count). The molecule has 1 aromatic rings. The van der Waals surface area contributed by atoms with Crippen molar-refractivity contribution < 1.29 is 4.74 Å². The normalized spacial score (nSPS) is 22.4. The highest BCUT2D eigenvalue weighted by Crippen LogP contribution is 2.30. The second kappa shape index (κ2) is 6.12. The van der Waals surface area contributed by atoms with Crippen molar-refractivity contribution in [1.82, 2.24) is 10.3 Å². The summed E-state index contributed by atoms with van der Waals surface area (Å²) >= 11 is 0. The lowest BCUT2D eigenvalue weighted by molar-refractivity contribution is 0.0392. The SMILES string of the molecule is CCNC(c1ccncc1C)C1CCCOC1. The third-order valence-electron chi connectivity index (χ3n) is 3.49. The van der Waals surface area contributed by atoms with Gasteiger partial charge in [-0.3, -0.25) is 4.98 Å². The van der Waals surface area contributed by atoms with Crippen LogP contribution >= 0.6 is 0 Å². The van der Waals surface area contributed by atoms with Crippen molar-refractivity contribution >= 4 is 0 Å². The highest BCUT2D eigenvalue weighted by atomic mass is 16.5. The van der Waals surface area contributed by atoms with E-state index < -0.39 is 0 Å². The molecule has 17 heavy (non-hydrogen) atoms. The topological polar surface area (TPSA) is 34.2 Å². The van der Waals surface area contributed by atoms with Gasteiger partial charge in [0, 0.05) is 31.0 Å². The number of rotatable bonds is 4. The van der Waals surface area contributed by atoms with Crippen LogP contribution in [0.1, 0.15) is 36.9 Å². The number of hydrogen-bond acceptors (Lipinski definition) is 3. The summed E-state index contributed by atoms with van der Waals surface area (Å²) in [6.07, 6.45) is 6.26. The van der Waals surface area contributed by atoms with E-state index in [1.807, 2.05) is 12.4 Å². The van der Waals surface area contributed by atoms with Gasteiger partial charge >= 0.3 is 0 Å². The van der Waals surface area contributed by atoms with Gasteiger partial charge in [0.25, 0.3) is 0 Å². The van der Waals surface area contributed by atoms with E-state index in [-0.39, 0.29) is 0 Å². The number of aryl methyl sites for hydroxylation is 1. The maximum atomic E-state index is 5.62. The Balaban J connectivity index is 2.18. The number of hydrogen-bond donors (Lipinski definition) is 1. The molecular formula is C14H22N2O. The lowest BCUT2D eigenvalue weighted by Gasteiger charge is -2.31. The average molecular weight is 234 g/mol. The van der Waals surface area contributed by atoms with E-state index in [9.17, 15) is 0 Å². The van der Waals surface area contributed by atoms with Crippen molar-refractivity contribution in [2.24, 2.45) is 5.92 Å². The molecule has 1 saturated heterocycles. The van der Waals surface area contributed by atoms with Gasteiger partial charge in [-0.15, -0.1) is 0 Å². The number of aromatic nitrogens is 1. The molecule has 1 aromatic heterocycles. The molecule has 3 nitrogen and oxygen atoms in total. The van der Waals surface area contributed by atoms with Gasteiger partial charge in [-0.05, 0) is 43.5 Å². The second-order valence-electron chi connectivity index (χ2n) is 4.74. The Bertz CT molecular complexity index is 348. The van der Waals surface area contributed by atoms with Gasteiger partial charge < -0.3 is 10.1 Å². The minimum atomic E-state index is 0.406. The highest BCUT2D eigenvalue weighted by Gasteiger charge is 2.25. The van der Waals surface area contributed by atoms with Crippen LogP contribution in [-0.4, -0.2) is 24.7 Å². The summed E-state index contributed by atoms with van der Waals surface area (Å²) < 4.78 is 5.62. The van der Waals surface area contributed by atoms with Crippen molar-refractivity contribution in [2.75, 3.05) is 19.8 Å². The Morgan fingerprint density at radius 3 is 3.12 bits per heavy atom. The van der Waals surface area contributed by atoms with Gasteiger partial charge in [0.1, 0.15) is 0 Å². The molecule has 2 unspecified atom stereocenters. The molecule has 1 N–H and O–H groups in total. The lowest BCUT2D eigenvalue weighted by Crippen LogP contribution is -2.33. The molecule has 94 valence electrons. The molecule has 1 fully saturated rings. The molecule has 3 heteroatoms. The van der Waals surface area contributed by atoms with E-state index in [0.717, 1.165) is 19.8 Å². The smallest absolute Gasteiger partial charge is 0.0512 e. The van der Waals surface area contributed by atoms with Crippen LogP contribution in [0.3, 0.4) is 0 Å². The minimum Gasteiger partial charge on any atom is -0.381 e. The monoisotopic (exact) mass is 234 g/mol. The summed E-state index contributed by atoms with van der Waals surface area (Å²) in [7, 11) is 0. The van der Waals surface area contributed by atoms with Crippen LogP contribution in [0.4, 0.5) is 0 Å². The molecule has 0 amide bonds. The van der Waals surface area contributed by atoms with Crippen LogP contribution in [0.25, 0.3) is 0 Å². The van der Waals surface area contributed by atoms with E-state index in [0.29, 0.717) is 12.0 Å². The number of nitrogens with zero attached hydrogens (tertiary/aromatic N) is 1. The van der Waals surface area contributed by atoms with Gasteiger partial charge in [-0.25, -0.2) is 0 Å². The van der Waals surface area contributed by atoms with E-state index in [2.05, 4.69) is 30.2 Å². The molecular weight excluding hydrogens is 212 g/mol. The Hall–Kier alpha value is -0.930. The van der Waals surface area contributed by atoms with E-state index in [4.69, 9.17) is 4.74 Å². The maximum absolute atomic E-state index is 5.62. The first-order valence-corrected chi connectivity index (χ1v) is 6.54. The predicted molar refractivity (Wildman–Crippen MR) is 68.9 cm³/mol. The van der Waals surface area contributed by atoms with Gasteiger partial charge in [0.05, 0.1) is 6.61 Å². The molecule has 0 bridgehead atoms. The zero-order chi connectivity index (χ0) is 12.1. The third-order valence-corrected chi connectivity index (χ3v) is 3.49. The lowest BCUT2D eigenvalue weighted by atomic mass is 9.87. The van der Waals surface area contributed by atoms with Crippen molar-refractivity contribution in [3.63, 3.8) is 0 Å². The Kier molecular flexibility index (Phi) is 4.51. The Morgan fingerprint density at radius 1 is 1.59 bits per heavy atom. The zero-order valence-electron chi connectivity index (χ0n) is 10.8. The van der Waals surface area contributed by atoms with Crippen LogP contribution in [0.2, 0.25) is 0 Å². The molecule has 0 saturated carbocycles. The second-order valence-corrected chi connectivity index (χ2v) is 4.74. The van der Waals surface area contributed by atoms with Crippen LogP contribution < -0.4 is 5.32 Å². The first kappa shape index (κ1) is 12.5. The van der Waals surface area contributed by atoms with Gasteiger partial charge in [-0.2, -0.15) is 0 Å². The number of pyridine rings is 1. The minimum absolute atomic E-state index is 0.406.